The van der Waals surface area contributed by atoms with E-state index in [1.165, 1.54) is 0 Å². The van der Waals surface area contributed by atoms with E-state index >= 15 is 0 Å². The highest BCUT2D eigenvalue weighted by molar-refractivity contribution is 7.91. The Morgan fingerprint density at radius 3 is 2.61 bits per heavy atom. The molecule has 0 saturated heterocycles. The van der Waals surface area contributed by atoms with Crippen LogP contribution in [0.4, 0.5) is 0 Å². The molecule has 1 aromatic carbocycles. The summed E-state index contributed by atoms with van der Waals surface area (Å²) in [4.78, 5) is 0. The first-order valence-electron chi connectivity index (χ1n) is 6.26. The number of hydrogen-bond acceptors (Lipinski definition) is 2. The smallest absolute Gasteiger partial charge is 0.150 e. The molecule has 1 atom stereocenters. The Kier molecular flexibility index (Phi) is 5.43. The molecule has 0 amide bonds. The quantitative estimate of drug-likeness (QED) is 0.740. The second kappa shape index (κ2) is 6.61. The van der Waals surface area contributed by atoms with Gasteiger partial charge in [0.05, 0.1) is 11.5 Å². The summed E-state index contributed by atoms with van der Waals surface area (Å²) in [5.41, 5.74) is 1.73. The lowest BCUT2D eigenvalue weighted by Crippen LogP contribution is -2.16. The van der Waals surface area contributed by atoms with E-state index in [9.17, 15) is 8.42 Å². The summed E-state index contributed by atoms with van der Waals surface area (Å²) in [6, 6.07) is 7.53. The van der Waals surface area contributed by atoms with Crippen LogP contribution in [0.25, 0.3) is 0 Å². The van der Waals surface area contributed by atoms with Gasteiger partial charge in [0.25, 0.3) is 0 Å². The molecule has 18 heavy (non-hydrogen) atoms. The normalized spacial score (nSPS) is 12.9. The molecular formula is C15H20O2S. The van der Waals surface area contributed by atoms with E-state index in [0.717, 1.165) is 24.0 Å². The van der Waals surface area contributed by atoms with E-state index in [0.29, 0.717) is 0 Å². The van der Waals surface area contributed by atoms with Crippen LogP contribution in [-0.4, -0.2) is 19.9 Å². The van der Waals surface area contributed by atoms with Crippen molar-refractivity contribution in [2.75, 3.05) is 11.5 Å². The van der Waals surface area contributed by atoms with E-state index in [4.69, 9.17) is 6.42 Å². The maximum absolute atomic E-state index is 11.9. The van der Waals surface area contributed by atoms with Crippen LogP contribution in [-0.2, 0) is 9.84 Å². The fourth-order valence-electron chi connectivity index (χ4n) is 1.98. The zero-order valence-corrected chi connectivity index (χ0v) is 11.8. The van der Waals surface area contributed by atoms with Gasteiger partial charge >= 0.3 is 0 Å². The molecule has 0 N–H and O–H groups in total. The van der Waals surface area contributed by atoms with Gasteiger partial charge in [-0.1, -0.05) is 44.4 Å². The summed E-state index contributed by atoms with van der Waals surface area (Å²) < 4.78 is 23.8. The number of unbranched alkanes of at least 4 members (excludes halogenated alkanes) is 1. The summed E-state index contributed by atoms with van der Waals surface area (Å²) >= 11 is 0. The third-order valence-electron chi connectivity index (χ3n) is 2.96. The van der Waals surface area contributed by atoms with Crippen LogP contribution in [0.1, 0.15) is 43.7 Å². The van der Waals surface area contributed by atoms with E-state index in [-0.39, 0.29) is 17.4 Å². The molecule has 0 aliphatic rings. The fraction of sp³-hybridized carbons (Fsp3) is 0.467. The average molecular weight is 264 g/mol. The van der Waals surface area contributed by atoms with Crippen molar-refractivity contribution in [2.24, 2.45) is 0 Å². The molecule has 98 valence electrons. The minimum absolute atomic E-state index is 0.0564. The molecule has 0 aliphatic carbocycles. The predicted octanol–water partition coefficient (Wildman–Crippen LogP) is 2.99. The van der Waals surface area contributed by atoms with Gasteiger partial charge in [-0.25, -0.2) is 8.42 Å². The third-order valence-corrected chi connectivity index (χ3v) is 4.88. The summed E-state index contributed by atoms with van der Waals surface area (Å²) in [5.74, 6) is 3.00. The molecule has 0 heterocycles. The first-order chi connectivity index (χ1) is 8.50. The minimum atomic E-state index is -2.98. The molecule has 0 radical (unpaired) electrons. The molecule has 3 heteroatoms. The van der Waals surface area contributed by atoms with Crippen LogP contribution in [0.15, 0.2) is 24.3 Å². The molecular weight excluding hydrogens is 244 g/mol. The molecule has 0 fully saturated rings. The summed E-state index contributed by atoms with van der Waals surface area (Å²) in [5, 5.41) is 0. The van der Waals surface area contributed by atoms with Crippen molar-refractivity contribution in [1.29, 1.82) is 0 Å². The molecule has 1 rings (SSSR count). The Bertz CT molecular complexity index is 524. The van der Waals surface area contributed by atoms with Gasteiger partial charge in [0.2, 0.25) is 0 Å². The van der Waals surface area contributed by atoms with Crippen molar-refractivity contribution < 1.29 is 8.42 Å². The standard InChI is InChI=1S/C15H20O2S/c1-4-6-11-18(16,17)12-13(3)15-10-8-7-9-14(15)5-2/h2,7-10,13H,4,6,11-12H2,1,3H3/t13-/m0/s1. The Balaban J connectivity index is 2.83. The number of terminal acetylenes is 1. The van der Waals surface area contributed by atoms with Crippen LogP contribution in [0.3, 0.4) is 0 Å². The maximum atomic E-state index is 11.9. The SMILES string of the molecule is C#Cc1ccccc1[C@@H](C)CS(=O)(=O)CCCC. The first-order valence-corrected chi connectivity index (χ1v) is 8.08. The summed E-state index contributed by atoms with van der Waals surface area (Å²) in [7, 11) is -2.98. The zero-order valence-electron chi connectivity index (χ0n) is 11.0. The van der Waals surface area contributed by atoms with Crippen molar-refractivity contribution in [1.82, 2.24) is 0 Å². The molecule has 0 aliphatic heterocycles. The Morgan fingerprint density at radius 1 is 1.33 bits per heavy atom. The monoisotopic (exact) mass is 264 g/mol. The highest BCUT2D eigenvalue weighted by Crippen LogP contribution is 2.21. The summed E-state index contributed by atoms with van der Waals surface area (Å²) in [6.07, 6.45) is 7.06. The van der Waals surface area contributed by atoms with Crippen molar-refractivity contribution in [3.05, 3.63) is 35.4 Å². The van der Waals surface area contributed by atoms with Crippen molar-refractivity contribution in [2.45, 2.75) is 32.6 Å². The van der Waals surface area contributed by atoms with Crippen LogP contribution < -0.4 is 0 Å². The fourth-order valence-corrected chi connectivity index (χ4v) is 3.81. The van der Waals surface area contributed by atoms with E-state index in [1.807, 2.05) is 38.1 Å². The largest absolute Gasteiger partial charge is 0.229 e. The topological polar surface area (TPSA) is 34.1 Å². The van der Waals surface area contributed by atoms with Gasteiger partial charge in [0, 0.05) is 5.56 Å². The van der Waals surface area contributed by atoms with Crippen molar-refractivity contribution in [3.8, 4) is 12.3 Å². The Hall–Kier alpha value is -1.27. The minimum Gasteiger partial charge on any atom is -0.229 e. The lowest BCUT2D eigenvalue weighted by Gasteiger charge is -2.14. The highest BCUT2D eigenvalue weighted by atomic mass is 32.2. The molecule has 0 aromatic heterocycles. The van der Waals surface area contributed by atoms with Gasteiger partial charge in [-0.2, -0.15) is 0 Å². The second-order valence-electron chi connectivity index (χ2n) is 4.60. The molecule has 0 unspecified atom stereocenters. The third kappa shape index (κ3) is 4.19. The predicted molar refractivity (Wildman–Crippen MR) is 76.4 cm³/mol. The van der Waals surface area contributed by atoms with E-state index in [2.05, 4.69) is 5.92 Å². The molecule has 1 aromatic rings. The molecule has 0 spiro atoms. The van der Waals surface area contributed by atoms with Gasteiger partial charge in [0.1, 0.15) is 0 Å². The number of benzene rings is 1. The Morgan fingerprint density at radius 2 is 2.00 bits per heavy atom. The van der Waals surface area contributed by atoms with Gasteiger partial charge in [-0.15, -0.1) is 6.42 Å². The molecule has 2 nitrogen and oxygen atoms in total. The van der Waals surface area contributed by atoms with Crippen LogP contribution in [0.2, 0.25) is 0 Å². The molecule has 0 saturated carbocycles. The first kappa shape index (κ1) is 14.8. The average Bonchev–Trinajstić information content (AvgIpc) is 2.35. The van der Waals surface area contributed by atoms with Crippen molar-refractivity contribution in [3.63, 3.8) is 0 Å². The van der Waals surface area contributed by atoms with Crippen molar-refractivity contribution >= 4 is 9.84 Å². The highest BCUT2D eigenvalue weighted by Gasteiger charge is 2.18. The number of hydrogen-bond donors (Lipinski definition) is 0. The number of sulfone groups is 1. The van der Waals surface area contributed by atoms with Crippen LogP contribution in [0, 0.1) is 12.3 Å². The maximum Gasteiger partial charge on any atom is 0.150 e. The summed E-state index contributed by atoms with van der Waals surface area (Å²) in [6.45, 7) is 3.91. The second-order valence-corrected chi connectivity index (χ2v) is 6.83. The van der Waals surface area contributed by atoms with Gasteiger partial charge in [0.15, 0.2) is 9.84 Å². The van der Waals surface area contributed by atoms with Gasteiger partial charge in [-0.05, 0) is 24.0 Å². The van der Waals surface area contributed by atoms with Crippen LogP contribution in [0.5, 0.6) is 0 Å². The van der Waals surface area contributed by atoms with Crippen LogP contribution >= 0.6 is 0 Å². The van der Waals surface area contributed by atoms with E-state index in [1.54, 1.807) is 0 Å². The van der Waals surface area contributed by atoms with Gasteiger partial charge in [-0.3, -0.25) is 0 Å². The Labute approximate surface area is 110 Å². The lowest BCUT2D eigenvalue weighted by molar-refractivity contribution is 0.587. The van der Waals surface area contributed by atoms with E-state index < -0.39 is 9.84 Å². The number of rotatable bonds is 6. The zero-order chi connectivity index (χ0) is 13.6. The lowest BCUT2D eigenvalue weighted by atomic mass is 9.98. The molecule has 0 bridgehead atoms. The van der Waals surface area contributed by atoms with Gasteiger partial charge < -0.3 is 0 Å².